The van der Waals surface area contributed by atoms with E-state index in [0.29, 0.717) is 38.5 Å². The van der Waals surface area contributed by atoms with Crippen LogP contribution in [0.15, 0.2) is 24.3 Å². The largest absolute Gasteiger partial charge is 0.339 e. The number of hydrogen-bond acceptors (Lipinski definition) is 2. The fourth-order valence-electron chi connectivity index (χ4n) is 3.73. The highest BCUT2D eigenvalue weighted by atomic mass is 19.1. The van der Waals surface area contributed by atoms with Crippen LogP contribution in [0.3, 0.4) is 0 Å². The Hall–Kier alpha value is -1.91. The number of halogens is 1. The monoisotopic (exact) mass is 332 g/mol. The third kappa shape index (κ3) is 3.94. The Balaban J connectivity index is 1.51. The predicted molar refractivity (Wildman–Crippen MR) is 90.1 cm³/mol. The normalized spacial score (nSPS) is 19.4. The van der Waals surface area contributed by atoms with Gasteiger partial charge in [-0.05, 0) is 30.9 Å². The Morgan fingerprint density at radius 2 is 1.58 bits per heavy atom. The number of carbonyl (C=O) groups excluding carboxylic acids is 2. The van der Waals surface area contributed by atoms with E-state index < -0.39 is 5.82 Å². The first-order valence-electron chi connectivity index (χ1n) is 8.97. The van der Waals surface area contributed by atoms with Crippen molar-refractivity contribution in [2.75, 3.05) is 26.2 Å². The van der Waals surface area contributed by atoms with E-state index >= 15 is 0 Å². The van der Waals surface area contributed by atoms with E-state index in [0.717, 1.165) is 12.8 Å². The van der Waals surface area contributed by atoms with Crippen LogP contribution >= 0.6 is 0 Å². The van der Waals surface area contributed by atoms with Gasteiger partial charge in [-0.3, -0.25) is 9.59 Å². The van der Waals surface area contributed by atoms with Crippen molar-refractivity contribution in [3.05, 3.63) is 35.6 Å². The third-order valence-electron chi connectivity index (χ3n) is 5.21. The third-order valence-corrected chi connectivity index (χ3v) is 5.21. The molecule has 1 aliphatic heterocycles. The van der Waals surface area contributed by atoms with Gasteiger partial charge in [-0.15, -0.1) is 0 Å². The quantitative estimate of drug-likeness (QED) is 0.853. The van der Waals surface area contributed by atoms with Crippen molar-refractivity contribution >= 4 is 11.8 Å². The molecular formula is C19H25FN2O2. The molecule has 0 aromatic heterocycles. The topological polar surface area (TPSA) is 40.6 Å². The number of piperazine rings is 1. The van der Waals surface area contributed by atoms with Gasteiger partial charge < -0.3 is 9.80 Å². The minimum Gasteiger partial charge on any atom is -0.339 e. The Morgan fingerprint density at radius 1 is 0.958 bits per heavy atom. The smallest absolute Gasteiger partial charge is 0.256 e. The number of rotatable bonds is 3. The van der Waals surface area contributed by atoms with Crippen molar-refractivity contribution in [3.8, 4) is 0 Å². The van der Waals surface area contributed by atoms with Crippen molar-refractivity contribution in [1.29, 1.82) is 0 Å². The first kappa shape index (κ1) is 16.9. The molecule has 0 unspecified atom stereocenters. The first-order chi connectivity index (χ1) is 11.6. The SMILES string of the molecule is O=C(CC1CCCCC1)N1CCN(C(=O)c2ccccc2F)CC1. The van der Waals surface area contributed by atoms with E-state index in [2.05, 4.69) is 0 Å². The van der Waals surface area contributed by atoms with Crippen molar-refractivity contribution in [1.82, 2.24) is 9.80 Å². The summed E-state index contributed by atoms with van der Waals surface area (Å²) >= 11 is 0. The van der Waals surface area contributed by atoms with E-state index in [9.17, 15) is 14.0 Å². The van der Waals surface area contributed by atoms with Crippen LogP contribution in [-0.4, -0.2) is 47.8 Å². The van der Waals surface area contributed by atoms with Crippen molar-refractivity contribution < 1.29 is 14.0 Å². The molecule has 1 aromatic carbocycles. The lowest BCUT2D eigenvalue weighted by atomic mass is 9.86. The average Bonchev–Trinajstić information content (AvgIpc) is 2.62. The summed E-state index contributed by atoms with van der Waals surface area (Å²) in [6.07, 6.45) is 6.74. The average molecular weight is 332 g/mol. The zero-order chi connectivity index (χ0) is 16.9. The van der Waals surface area contributed by atoms with Crippen molar-refractivity contribution in [2.45, 2.75) is 38.5 Å². The van der Waals surface area contributed by atoms with E-state index in [1.807, 2.05) is 4.90 Å². The van der Waals surface area contributed by atoms with Crippen LogP contribution in [0.2, 0.25) is 0 Å². The second kappa shape index (κ2) is 7.77. The van der Waals surface area contributed by atoms with Gasteiger partial charge in [0.25, 0.3) is 5.91 Å². The van der Waals surface area contributed by atoms with E-state index in [1.54, 1.807) is 17.0 Å². The molecule has 2 fully saturated rings. The van der Waals surface area contributed by atoms with Gasteiger partial charge in [0.15, 0.2) is 0 Å². The standard InChI is InChI=1S/C19H25FN2O2/c20-17-9-5-4-8-16(17)19(24)22-12-10-21(11-13-22)18(23)14-15-6-2-1-3-7-15/h4-5,8-9,15H,1-3,6-7,10-14H2. The maximum Gasteiger partial charge on any atom is 0.256 e. The van der Waals surface area contributed by atoms with Crippen LogP contribution in [0.1, 0.15) is 48.9 Å². The highest BCUT2D eigenvalue weighted by Crippen LogP contribution is 2.27. The van der Waals surface area contributed by atoms with Gasteiger partial charge in [0, 0.05) is 32.6 Å². The minimum absolute atomic E-state index is 0.111. The summed E-state index contributed by atoms with van der Waals surface area (Å²) in [7, 11) is 0. The van der Waals surface area contributed by atoms with E-state index in [-0.39, 0.29) is 17.4 Å². The first-order valence-corrected chi connectivity index (χ1v) is 8.97. The summed E-state index contributed by atoms with van der Waals surface area (Å²) in [5.74, 6) is -0.0324. The summed E-state index contributed by atoms with van der Waals surface area (Å²) in [6.45, 7) is 2.05. The van der Waals surface area contributed by atoms with Gasteiger partial charge in [0.2, 0.25) is 5.91 Å². The number of amides is 2. The molecular weight excluding hydrogens is 307 g/mol. The van der Waals surface area contributed by atoms with Gasteiger partial charge in [-0.1, -0.05) is 31.4 Å². The fraction of sp³-hybridized carbons (Fsp3) is 0.579. The fourth-order valence-corrected chi connectivity index (χ4v) is 3.73. The van der Waals surface area contributed by atoms with Crippen LogP contribution in [0.4, 0.5) is 4.39 Å². The molecule has 0 N–H and O–H groups in total. The molecule has 5 heteroatoms. The van der Waals surface area contributed by atoms with Crippen LogP contribution in [0.5, 0.6) is 0 Å². The molecule has 4 nitrogen and oxygen atoms in total. The van der Waals surface area contributed by atoms with Crippen LogP contribution in [0.25, 0.3) is 0 Å². The molecule has 0 radical (unpaired) electrons. The zero-order valence-corrected chi connectivity index (χ0v) is 14.0. The summed E-state index contributed by atoms with van der Waals surface area (Å²) in [5.41, 5.74) is 0.111. The molecule has 0 bridgehead atoms. The van der Waals surface area contributed by atoms with Crippen LogP contribution < -0.4 is 0 Å². The molecule has 1 heterocycles. The molecule has 2 aliphatic rings. The second-order valence-corrected chi connectivity index (χ2v) is 6.86. The zero-order valence-electron chi connectivity index (χ0n) is 14.0. The van der Waals surface area contributed by atoms with E-state index in [4.69, 9.17) is 0 Å². The summed E-state index contributed by atoms with van der Waals surface area (Å²) in [4.78, 5) is 28.3. The highest BCUT2D eigenvalue weighted by molar-refractivity contribution is 5.94. The summed E-state index contributed by atoms with van der Waals surface area (Å²) in [5, 5.41) is 0. The lowest BCUT2D eigenvalue weighted by molar-refractivity contribution is -0.133. The molecule has 1 saturated carbocycles. The maximum atomic E-state index is 13.7. The summed E-state index contributed by atoms with van der Waals surface area (Å²) in [6, 6.07) is 6.06. The number of carbonyl (C=O) groups is 2. The van der Waals surface area contributed by atoms with Crippen LogP contribution in [-0.2, 0) is 4.79 Å². The van der Waals surface area contributed by atoms with E-state index in [1.165, 1.54) is 31.4 Å². The number of hydrogen-bond donors (Lipinski definition) is 0. The Bertz CT molecular complexity index is 591. The molecule has 130 valence electrons. The Kier molecular flexibility index (Phi) is 5.48. The van der Waals surface area contributed by atoms with Crippen LogP contribution in [0, 0.1) is 11.7 Å². The molecule has 0 atom stereocenters. The Morgan fingerprint density at radius 3 is 2.25 bits per heavy atom. The lowest BCUT2D eigenvalue weighted by Gasteiger charge is -2.35. The maximum absolute atomic E-state index is 13.7. The molecule has 0 spiro atoms. The molecule has 24 heavy (non-hydrogen) atoms. The molecule has 2 amide bonds. The molecule has 1 aromatic rings. The summed E-state index contributed by atoms with van der Waals surface area (Å²) < 4.78 is 13.7. The van der Waals surface area contributed by atoms with Gasteiger partial charge in [0.1, 0.15) is 5.82 Å². The predicted octanol–water partition coefficient (Wildman–Crippen LogP) is 3.08. The number of benzene rings is 1. The second-order valence-electron chi connectivity index (χ2n) is 6.86. The lowest BCUT2D eigenvalue weighted by Crippen LogP contribution is -2.51. The van der Waals surface area contributed by atoms with Gasteiger partial charge >= 0.3 is 0 Å². The van der Waals surface area contributed by atoms with Gasteiger partial charge in [0.05, 0.1) is 5.56 Å². The number of nitrogens with zero attached hydrogens (tertiary/aromatic N) is 2. The molecule has 1 aliphatic carbocycles. The van der Waals surface area contributed by atoms with Crippen molar-refractivity contribution in [2.24, 2.45) is 5.92 Å². The molecule has 3 rings (SSSR count). The van der Waals surface area contributed by atoms with Gasteiger partial charge in [-0.25, -0.2) is 4.39 Å². The minimum atomic E-state index is -0.488. The van der Waals surface area contributed by atoms with Gasteiger partial charge in [-0.2, -0.15) is 0 Å². The molecule has 1 saturated heterocycles. The Labute approximate surface area is 142 Å². The highest BCUT2D eigenvalue weighted by Gasteiger charge is 2.27. The van der Waals surface area contributed by atoms with Crippen molar-refractivity contribution in [3.63, 3.8) is 0 Å².